The number of carbonyl (C=O) groups excluding carboxylic acids is 1. The summed E-state index contributed by atoms with van der Waals surface area (Å²) in [5.74, 6) is 0.0499. The Balaban J connectivity index is 1.74. The predicted molar refractivity (Wildman–Crippen MR) is 103 cm³/mol. The zero-order valence-corrected chi connectivity index (χ0v) is 16.0. The third-order valence-electron chi connectivity index (χ3n) is 4.53. The zero-order chi connectivity index (χ0) is 18.8. The summed E-state index contributed by atoms with van der Waals surface area (Å²) < 4.78 is 27.4. The smallest absolute Gasteiger partial charge is 0.261 e. The molecule has 0 aliphatic heterocycles. The summed E-state index contributed by atoms with van der Waals surface area (Å²) in [5.41, 5.74) is 0.914. The van der Waals surface area contributed by atoms with Crippen molar-refractivity contribution in [2.45, 2.75) is 36.5 Å². The van der Waals surface area contributed by atoms with Crippen LogP contribution in [-0.2, 0) is 20.2 Å². The van der Waals surface area contributed by atoms with Crippen molar-refractivity contribution in [3.8, 4) is 0 Å². The molecule has 1 fully saturated rings. The molecule has 2 N–H and O–H groups in total. The fraction of sp³-hybridized carbons (Fsp3) is 0.316. The van der Waals surface area contributed by atoms with Crippen LogP contribution in [0.1, 0.15) is 31.7 Å². The van der Waals surface area contributed by atoms with E-state index < -0.39 is 15.4 Å². The summed E-state index contributed by atoms with van der Waals surface area (Å²) >= 11 is 5.80. The Labute approximate surface area is 158 Å². The van der Waals surface area contributed by atoms with Crippen LogP contribution >= 0.6 is 11.6 Å². The standard InChI is InChI=1S/C19H21ClN2O3S/c1-2-13-21-18(23)19(11-12-19)14-3-7-16(8-4-14)22-26(24,25)17-9-5-15(20)6-10-17/h3-10,22H,2,11-13H2,1H3,(H,21,23). The van der Waals surface area contributed by atoms with E-state index in [0.717, 1.165) is 24.8 Å². The number of carbonyl (C=O) groups is 1. The van der Waals surface area contributed by atoms with Crippen LogP contribution in [0.25, 0.3) is 0 Å². The van der Waals surface area contributed by atoms with Gasteiger partial charge in [-0.05, 0) is 61.2 Å². The molecule has 7 heteroatoms. The molecule has 26 heavy (non-hydrogen) atoms. The highest BCUT2D eigenvalue weighted by atomic mass is 35.5. The summed E-state index contributed by atoms with van der Waals surface area (Å²) in [7, 11) is -3.68. The zero-order valence-electron chi connectivity index (χ0n) is 14.5. The molecule has 1 amide bonds. The number of halogens is 1. The second-order valence-corrected chi connectivity index (χ2v) is 8.59. The van der Waals surface area contributed by atoms with Crippen molar-refractivity contribution in [3.63, 3.8) is 0 Å². The van der Waals surface area contributed by atoms with E-state index in [0.29, 0.717) is 17.3 Å². The van der Waals surface area contributed by atoms with E-state index in [1.807, 2.05) is 19.1 Å². The Hall–Kier alpha value is -2.05. The number of hydrogen-bond donors (Lipinski definition) is 2. The molecule has 0 radical (unpaired) electrons. The van der Waals surface area contributed by atoms with Crippen LogP contribution in [-0.4, -0.2) is 20.9 Å². The van der Waals surface area contributed by atoms with Crippen LogP contribution in [0.5, 0.6) is 0 Å². The number of nitrogens with one attached hydrogen (secondary N) is 2. The SMILES string of the molecule is CCCNC(=O)C1(c2ccc(NS(=O)(=O)c3ccc(Cl)cc3)cc2)CC1. The van der Waals surface area contributed by atoms with Crippen LogP contribution in [0.2, 0.25) is 5.02 Å². The first-order valence-corrected chi connectivity index (χ1v) is 10.4. The van der Waals surface area contributed by atoms with E-state index in [4.69, 9.17) is 11.6 Å². The van der Waals surface area contributed by atoms with Crippen LogP contribution in [0.15, 0.2) is 53.4 Å². The van der Waals surface area contributed by atoms with E-state index in [1.165, 1.54) is 24.3 Å². The van der Waals surface area contributed by atoms with E-state index in [1.54, 1.807) is 12.1 Å². The summed E-state index contributed by atoms with van der Waals surface area (Å²) in [6.07, 6.45) is 2.53. The van der Waals surface area contributed by atoms with Gasteiger partial charge in [0.25, 0.3) is 10.0 Å². The summed E-state index contributed by atoms with van der Waals surface area (Å²) in [4.78, 5) is 12.5. The van der Waals surface area contributed by atoms with Crippen molar-refractivity contribution >= 4 is 33.2 Å². The highest BCUT2D eigenvalue weighted by molar-refractivity contribution is 7.92. The van der Waals surface area contributed by atoms with Gasteiger partial charge in [0.15, 0.2) is 0 Å². The molecule has 0 atom stereocenters. The highest BCUT2D eigenvalue weighted by Crippen LogP contribution is 2.48. The Kier molecular flexibility index (Phi) is 5.25. The molecule has 0 aromatic heterocycles. The molecular formula is C19H21ClN2O3S. The van der Waals surface area contributed by atoms with Gasteiger partial charge >= 0.3 is 0 Å². The first kappa shape index (κ1) is 18.7. The van der Waals surface area contributed by atoms with Crippen LogP contribution in [0.4, 0.5) is 5.69 Å². The van der Waals surface area contributed by atoms with E-state index in [9.17, 15) is 13.2 Å². The van der Waals surface area contributed by atoms with Crippen molar-refractivity contribution in [1.82, 2.24) is 5.32 Å². The minimum atomic E-state index is -3.68. The van der Waals surface area contributed by atoms with Crippen LogP contribution in [0, 0.1) is 0 Å². The van der Waals surface area contributed by atoms with E-state index >= 15 is 0 Å². The van der Waals surface area contributed by atoms with Gasteiger partial charge in [-0.2, -0.15) is 0 Å². The molecule has 5 nitrogen and oxygen atoms in total. The second kappa shape index (κ2) is 7.29. The lowest BCUT2D eigenvalue weighted by molar-refractivity contribution is -0.123. The molecule has 2 aromatic carbocycles. The number of benzene rings is 2. The molecule has 0 unspecified atom stereocenters. The third kappa shape index (κ3) is 3.86. The average Bonchev–Trinajstić information content (AvgIpc) is 3.42. The van der Waals surface area contributed by atoms with Gasteiger partial charge in [0.05, 0.1) is 10.3 Å². The predicted octanol–water partition coefficient (Wildman–Crippen LogP) is 3.70. The molecule has 3 rings (SSSR count). The number of rotatable bonds is 7. The lowest BCUT2D eigenvalue weighted by Gasteiger charge is -2.16. The minimum Gasteiger partial charge on any atom is -0.355 e. The minimum absolute atomic E-state index is 0.0499. The largest absolute Gasteiger partial charge is 0.355 e. The van der Waals surface area contributed by atoms with Gasteiger partial charge in [0.2, 0.25) is 5.91 Å². The molecule has 1 saturated carbocycles. The number of amides is 1. The topological polar surface area (TPSA) is 75.3 Å². The molecular weight excluding hydrogens is 372 g/mol. The molecule has 0 saturated heterocycles. The fourth-order valence-corrected chi connectivity index (χ4v) is 4.05. The number of hydrogen-bond acceptors (Lipinski definition) is 3. The van der Waals surface area contributed by atoms with Crippen molar-refractivity contribution in [2.75, 3.05) is 11.3 Å². The number of anilines is 1. The Morgan fingerprint density at radius 3 is 2.23 bits per heavy atom. The lowest BCUT2D eigenvalue weighted by Crippen LogP contribution is -2.35. The highest BCUT2D eigenvalue weighted by Gasteiger charge is 2.50. The van der Waals surface area contributed by atoms with Gasteiger partial charge in [-0.1, -0.05) is 30.7 Å². The van der Waals surface area contributed by atoms with E-state index in [2.05, 4.69) is 10.0 Å². The maximum Gasteiger partial charge on any atom is 0.261 e. The lowest BCUT2D eigenvalue weighted by atomic mass is 9.95. The van der Waals surface area contributed by atoms with Gasteiger partial charge < -0.3 is 5.32 Å². The van der Waals surface area contributed by atoms with Crippen molar-refractivity contribution in [2.24, 2.45) is 0 Å². The fourth-order valence-electron chi connectivity index (χ4n) is 2.86. The Morgan fingerprint density at radius 1 is 1.08 bits per heavy atom. The summed E-state index contributed by atoms with van der Waals surface area (Å²) in [5, 5.41) is 3.43. The average molecular weight is 393 g/mol. The first-order valence-electron chi connectivity index (χ1n) is 8.55. The maximum absolute atomic E-state index is 12.4. The Bertz CT molecular complexity index is 889. The van der Waals surface area contributed by atoms with Crippen molar-refractivity contribution < 1.29 is 13.2 Å². The molecule has 1 aliphatic rings. The van der Waals surface area contributed by atoms with Gasteiger partial charge in [-0.25, -0.2) is 8.42 Å². The van der Waals surface area contributed by atoms with Gasteiger partial charge in [0.1, 0.15) is 0 Å². The van der Waals surface area contributed by atoms with Gasteiger partial charge in [-0.3, -0.25) is 9.52 Å². The third-order valence-corrected chi connectivity index (χ3v) is 6.18. The van der Waals surface area contributed by atoms with E-state index in [-0.39, 0.29) is 10.8 Å². The molecule has 1 aliphatic carbocycles. The Morgan fingerprint density at radius 2 is 1.69 bits per heavy atom. The van der Waals surface area contributed by atoms with Gasteiger partial charge in [0, 0.05) is 17.3 Å². The van der Waals surface area contributed by atoms with Crippen LogP contribution in [0.3, 0.4) is 0 Å². The molecule has 0 bridgehead atoms. The second-order valence-electron chi connectivity index (χ2n) is 6.47. The van der Waals surface area contributed by atoms with Crippen LogP contribution < -0.4 is 10.0 Å². The van der Waals surface area contributed by atoms with Crippen molar-refractivity contribution in [1.29, 1.82) is 0 Å². The number of sulfonamides is 1. The maximum atomic E-state index is 12.4. The monoisotopic (exact) mass is 392 g/mol. The summed E-state index contributed by atoms with van der Waals surface area (Å²) in [6.45, 7) is 2.68. The summed E-state index contributed by atoms with van der Waals surface area (Å²) in [6, 6.07) is 13.0. The first-order chi connectivity index (χ1) is 12.4. The van der Waals surface area contributed by atoms with Crippen molar-refractivity contribution in [3.05, 3.63) is 59.1 Å². The normalized spacial score (nSPS) is 15.3. The molecule has 0 heterocycles. The molecule has 0 spiro atoms. The quantitative estimate of drug-likeness (QED) is 0.754. The molecule has 2 aromatic rings. The molecule has 138 valence electrons. The van der Waals surface area contributed by atoms with Gasteiger partial charge in [-0.15, -0.1) is 0 Å².